The molecule has 0 saturated carbocycles. The monoisotopic (exact) mass is 224 g/mol. The summed E-state index contributed by atoms with van der Waals surface area (Å²) in [6, 6.07) is 17.3. The zero-order valence-corrected chi connectivity index (χ0v) is 9.26. The molecule has 0 amide bonds. The van der Waals surface area contributed by atoms with Crippen LogP contribution in [0, 0.1) is 0 Å². The van der Waals surface area contributed by atoms with Crippen molar-refractivity contribution in [1.29, 1.82) is 0 Å². The summed E-state index contributed by atoms with van der Waals surface area (Å²) in [7, 11) is 0. The second-order valence-corrected chi connectivity index (χ2v) is 3.73. The van der Waals surface area contributed by atoms with Crippen molar-refractivity contribution in [3.8, 4) is 11.1 Å². The average molecular weight is 224 g/mol. The molecule has 0 aliphatic carbocycles. The summed E-state index contributed by atoms with van der Waals surface area (Å²) >= 11 is 0. The van der Waals surface area contributed by atoms with Gasteiger partial charge in [0, 0.05) is 0 Å². The maximum Gasteiger partial charge on any atom is 0.335 e. The van der Waals surface area contributed by atoms with E-state index in [-0.39, 0.29) is 5.57 Å². The molecule has 84 valence electrons. The number of rotatable bonds is 3. The van der Waals surface area contributed by atoms with Gasteiger partial charge in [-0.25, -0.2) is 4.79 Å². The van der Waals surface area contributed by atoms with Crippen molar-refractivity contribution < 1.29 is 9.90 Å². The van der Waals surface area contributed by atoms with Crippen LogP contribution < -0.4 is 0 Å². The smallest absolute Gasteiger partial charge is 0.335 e. The Bertz CT molecular complexity index is 539. The van der Waals surface area contributed by atoms with E-state index in [1.54, 1.807) is 12.1 Å². The third kappa shape index (κ3) is 2.42. The number of carboxylic acid groups (broad SMARTS) is 1. The summed E-state index contributed by atoms with van der Waals surface area (Å²) in [6.45, 7) is 3.53. The minimum absolute atomic E-state index is 0.115. The molecule has 0 radical (unpaired) electrons. The first-order chi connectivity index (χ1) is 8.18. The van der Waals surface area contributed by atoms with Crippen LogP contribution in [0.3, 0.4) is 0 Å². The van der Waals surface area contributed by atoms with Gasteiger partial charge in [-0.15, -0.1) is 0 Å². The van der Waals surface area contributed by atoms with Gasteiger partial charge in [0.25, 0.3) is 0 Å². The van der Waals surface area contributed by atoms with Gasteiger partial charge in [0.2, 0.25) is 0 Å². The number of benzene rings is 2. The quantitative estimate of drug-likeness (QED) is 0.811. The summed E-state index contributed by atoms with van der Waals surface area (Å²) in [5.74, 6) is -0.988. The van der Waals surface area contributed by atoms with E-state index in [4.69, 9.17) is 5.11 Å². The van der Waals surface area contributed by atoms with Gasteiger partial charge in [-0.2, -0.15) is 0 Å². The standard InChI is InChI=1S/C15H12O2/c1-11(15(16)17)12-7-9-14(10-8-12)13-5-3-2-4-6-13/h2-10H,1H2,(H,16,17). The van der Waals surface area contributed by atoms with Crippen LogP contribution in [0.1, 0.15) is 5.56 Å². The lowest BCUT2D eigenvalue weighted by atomic mass is 10.0. The number of aliphatic carboxylic acids is 1. The maximum absolute atomic E-state index is 10.8. The zero-order valence-electron chi connectivity index (χ0n) is 9.26. The van der Waals surface area contributed by atoms with E-state index in [0.29, 0.717) is 5.56 Å². The van der Waals surface area contributed by atoms with E-state index < -0.39 is 5.97 Å². The minimum atomic E-state index is -0.988. The second-order valence-electron chi connectivity index (χ2n) is 3.73. The van der Waals surface area contributed by atoms with Gasteiger partial charge >= 0.3 is 5.97 Å². The molecular weight excluding hydrogens is 212 g/mol. The Labute approximate surface area is 99.8 Å². The molecule has 2 rings (SSSR count). The van der Waals surface area contributed by atoms with Crippen LogP contribution in [-0.4, -0.2) is 11.1 Å². The van der Waals surface area contributed by atoms with Crippen LogP contribution >= 0.6 is 0 Å². The van der Waals surface area contributed by atoms with E-state index in [2.05, 4.69) is 6.58 Å². The summed E-state index contributed by atoms with van der Waals surface area (Å²) in [4.78, 5) is 10.8. The third-order valence-corrected chi connectivity index (χ3v) is 2.60. The molecule has 0 aliphatic heterocycles. The molecule has 0 unspecified atom stereocenters. The fourth-order valence-electron chi connectivity index (χ4n) is 1.62. The van der Waals surface area contributed by atoms with Crippen molar-refractivity contribution in [3.05, 3.63) is 66.7 Å². The van der Waals surface area contributed by atoms with E-state index >= 15 is 0 Å². The van der Waals surface area contributed by atoms with Crippen LogP contribution in [0.2, 0.25) is 0 Å². The average Bonchev–Trinajstić information content (AvgIpc) is 2.39. The molecule has 2 aromatic rings. The van der Waals surface area contributed by atoms with Gasteiger partial charge in [-0.05, 0) is 16.7 Å². The predicted octanol–water partition coefficient (Wildman–Crippen LogP) is 3.45. The van der Waals surface area contributed by atoms with Crippen molar-refractivity contribution in [3.63, 3.8) is 0 Å². The Morgan fingerprint density at radius 1 is 0.882 bits per heavy atom. The van der Waals surface area contributed by atoms with E-state index in [1.165, 1.54) is 0 Å². The molecule has 0 atom stereocenters. The van der Waals surface area contributed by atoms with Crippen molar-refractivity contribution in [2.24, 2.45) is 0 Å². The normalized spacial score (nSPS) is 9.88. The summed E-state index contributed by atoms with van der Waals surface area (Å²) in [6.07, 6.45) is 0. The van der Waals surface area contributed by atoms with E-state index in [0.717, 1.165) is 11.1 Å². The SMILES string of the molecule is C=C(C(=O)O)c1ccc(-c2ccccc2)cc1. The number of hydrogen-bond acceptors (Lipinski definition) is 1. The van der Waals surface area contributed by atoms with Crippen molar-refractivity contribution in [2.75, 3.05) is 0 Å². The Balaban J connectivity index is 2.31. The topological polar surface area (TPSA) is 37.3 Å². The molecule has 1 N–H and O–H groups in total. The fraction of sp³-hybridized carbons (Fsp3) is 0. The molecule has 0 spiro atoms. The highest BCUT2D eigenvalue weighted by Gasteiger charge is 2.06. The van der Waals surface area contributed by atoms with E-state index in [1.807, 2.05) is 42.5 Å². The van der Waals surface area contributed by atoms with Crippen LogP contribution in [-0.2, 0) is 4.79 Å². The highest BCUT2D eigenvalue weighted by molar-refractivity contribution is 6.14. The largest absolute Gasteiger partial charge is 0.478 e. The lowest BCUT2D eigenvalue weighted by Gasteiger charge is -2.04. The highest BCUT2D eigenvalue weighted by atomic mass is 16.4. The molecule has 17 heavy (non-hydrogen) atoms. The Kier molecular flexibility index (Phi) is 3.06. The van der Waals surface area contributed by atoms with Gasteiger partial charge in [0.1, 0.15) is 0 Å². The molecular formula is C15H12O2. The molecule has 0 aliphatic rings. The van der Waals surface area contributed by atoms with Gasteiger partial charge < -0.3 is 5.11 Å². The molecule has 2 aromatic carbocycles. The molecule has 0 saturated heterocycles. The van der Waals surface area contributed by atoms with Crippen molar-refractivity contribution >= 4 is 11.5 Å². The molecule has 0 heterocycles. The lowest BCUT2D eigenvalue weighted by Crippen LogP contribution is -1.97. The summed E-state index contributed by atoms with van der Waals surface area (Å²) in [5, 5.41) is 8.82. The van der Waals surface area contributed by atoms with Crippen LogP contribution in [0.5, 0.6) is 0 Å². The first-order valence-corrected chi connectivity index (χ1v) is 5.26. The van der Waals surface area contributed by atoms with Crippen LogP contribution in [0.15, 0.2) is 61.2 Å². The lowest BCUT2D eigenvalue weighted by molar-refractivity contribution is -0.130. The van der Waals surface area contributed by atoms with Crippen molar-refractivity contribution in [1.82, 2.24) is 0 Å². The third-order valence-electron chi connectivity index (χ3n) is 2.60. The summed E-state index contributed by atoms with van der Waals surface area (Å²) in [5.41, 5.74) is 2.93. The minimum Gasteiger partial charge on any atom is -0.478 e. The van der Waals surface area contributed by atoms with Gasteiger partial charge in [0.15, 0.2) is 0 Å². The van der Waals surface area contributed by atoms with Gasteiger partial charge in [0.05, 0.1) is 5.57 Å². The molecule has 0 bridgehead atoms. The zero-order chi connectivity index (χ0) is 12.3. The first kappa shape index (κ1) is 11.1. The fourth-order valence-corrected chi connectivity index (χ4v) is 1.62. The Morgan fingerprint density at radius 2 is 1.41 bits per heavy atom. The summed E-state index contributed by atoms with van der Waals surface area (Å²) < 4.78 is 0. The van der Waals surface area contributed by atoms with E-state index in [9.17, 15) is 4.79 Å². The first-order valence-electron chi connectivity index (χ1n) is 5.26. The highest BCUT2D eigenvalue weighted by Crippen LogP contribution is 2.21. The van der Waals surface area contributed by atoms with Crippen molar-refractivity contribution in [2.45, 2.75) is 0 Å². The number of hydrogen-bond donors (Lipinski definition) is 1. The Morgan fingerprint density at radius 3 is 1.94 bits per heavy atom. The molecule has 0 fully saturated rings. The number of carbonyl (C=O) groups is 1. The second kappa shape index (κ2) is 4.66. The maximum atomic E-state index is 10.8. The molecule has 2 heteroatoms. The molecule has 2 nitrogen and oxygen atoms in total. The number of carboxylic acids is 1. The molecule has 0 aromatic heterocycles. The Hall–Kier alpha value is -2.35. The van der Waals surface area contributed by atoms with Gasteiger partial charge in [-0.1, -0.05) is 61.2 Å². The van der Waals surface area contributed by atoms with Crippen LogP contribution in [0.25, 0.3) is 16.7 Å². The van der Waals surface area contributed by atoms with Crippen LogP contribution in [0.4, 0.5) is 0 Å². The van der Waals surface area contributed by atoms with Gasteiger partial charge in [-0.3, -0.25) is 0 Å². The predicted molar refractivity (Wildman–Crippen MR) is 68.5 cm³/mol.